The number of nitro groups is 1. The number of carbonyl (C=O) groups excluding carboxylic acids is 1. The maximum absolute atomic E-state index is 12.0. The van der Waals surface area contributed by atoms with Gasteiger partial charge in [0.25, 0.3) is 5.69 Å². The minimum absolute atomic E-state index is 0.000145. The predicted molar refractivity (Wildman–Crippen MR) is 89.5 cm³/mol. The first kappa shape index (κ1) is 15.4. The van der Waals surface area contributed by atoms with Crippen molar-refractivity contribution < 1.29 is 9.72 Å². The normalized spacial score (nSPS) is 13.7. The smallest absolute Gasteiger partial charge is 0.270 e. The molecule has 2 aromatic rings. The number of amides is 1. The zero-order valence-electron chi connectivity index (χ0n) is 12.3. The number of benzene rings is 1. The summed E-state index contributed by atoms with van der Waals surface area (Å²) < 4.78 is 0. The summed E-state index contributed by atoms with van der Waals surface area (Å²) >= 11 is 1.53. The van der Waals surface area contributed by atoms with E-state index in [-0.39, 0.29) is 11.6 Å². The quantitative estimate of drug-likeness (QED) is 0.528. The Hall–Kier alpha value is -2.54. The van der Waals surface area contributed by atoms with Crippen molar-refractivity contribution in [2.24, 2.45) is 0 Å². The van der Waals surface area contributed by atoms with Gasteiger partial charge in [0.15, 0.2) is 5.13 Å². The van der Waals surface area contributed by atoms with Gasteiger partial charge in [0.05, 0.1) is 10.6 Å². The summed E-state index contributed by atoms with van der Waals surface area (Å²) in [5.74, 6) is -0.289. The number of non-ortho nitro benzene ring substituents is 1. The minimum atomic E-state index is -0.461. The van der Waals surface area contributed by atoms with Crippen molar-refractivity contribution in [3.05, 3.63) is 56.6 Å². The molecule has 118 valence electrons. The van der Waals surface area contributed by atoms with Crippen LogP contribution in [0.15, 0.2) is 30.3 Å². The van der Waals surface area contributed by atoms with Gasteiger partial charge in [-0.25, -0.2) is 4.98 Å². The molecule has 0 atom stereocenters. The fraction of sp³-hybridized carbons (Fsp3) is 0.250. The highest BCUT2D eigenvalue weighted by atomic mass is 32.1. The van der Waals surface area contributed by atoms with E-state index in [2.05, 4.69) is 10.3 Å². The van der Waals surface area contributed by atoms with Crippen LogP contribution in [0.25, 0.3) is 6.08 Å². The standard InChI is InChI=1S/C16H15N3O3S/c20-15(9-8-11-4-3-5-12(10-11)19(21)22)18-16-17-13-6-1-2-7-14(13)23-16/h3-5,8-10H,1-2,6-7H2,(H,17,18,20)/b9-8+. The Morgan fingerprint density at radius 1 is 1.35 bits per heavy atom. The lowest BCUT2D eigenvalue weighted by atomic mass is 10.0. The number of nitro benzene ring substituents is 1. The number of nitrogens with zero attached hydrogens (tertiary/aromatic N) is 2. The van der Waals surface area contributed by atoms with Crippen LogP contribution in [-0.4, -0.2) is 15.8 Å². The average Bonchev–Trinajstić information content (AvgIpc) is 2.95. The van der Waals surface area contributed by atoms with Crippen molar-refractivity contribution in [3.8, 4) is 0 Å². The molecule has 0 fully saturated rings. The van der Waals surface area contributed by atoms with Gasteiger partial charge in [-0.3, -0.25) is 20.2 Å². The monoisotopic (exact) mass is 329 g/mol. The van der Waals surface area contributed by atoms with E-state index in [1.54, 1.807) is 18.2 Å². The summed E-state index contributed by atoms with van der Waals surface area (Å²) in [5.41, 5.74) is 1.70. The van der Waals surface area contributed by atoms with E-state index >= 15 is 0 Å². The molecule has 0 spiro atoms. The van der Waals surface area contributed by atoms with Crippen molar-refractivity contribution in [1.82, 2.24) is 4.98 Å². The van der Waals surface area contributed by atoms with E-state index < -0.39 is 4.92 Å². The number of fused-ring (bicyclic) bond motifs is 1. The molecule has 0 saturated carbocycles. The summed E-state index contributed by atoms with van der Waals surface area (Å²) in [5, 5.41) is 14.1. The van der Waals surface area contributed by atoms with Crippen LogP contribution < -0.4 is 5.32 Å². The third-order valence-corrected chi connectivity index (χ3v) is 4.66. The van der Waals surface area contributed by atoms with Crippen LogP contribution in [0.3, 0.4) is 0 Å². The maximum Gasteiger partial charge on any atom is 0.270 e. The third-order valence-electron chi connectivity index (χ3n) is 3.58. The molecule has 23 heavy (non-hydrogen) atoms. The van der Waals surface area contributed by atoms with Gasteiger partial charge in [-0.05, 0) is 37.3 Å². The van der Waals surface area contributed by atoms with Crippen LogP contribution in [0, 0.1) is 10.1 Å². The number of hydrogen-bond donors (Lipinski definition) is 1. The van der Waals surface area contributed by atoms with Gasteiger partial charge in [0.2, 0.25) is 5.91 Å². The minimum Gasteiger partial charge on any atom is -0.298 e. The Bertz CT molecular complexity index is 759. The molecular formula is C16H15N3O3S. The SMILES string of the molecule is O=C(/C=C/c1cccc([N+](=O)[O-])c1)Nc1nc2c(s1)CCCC2. The van der Waals surface area contributed by atoms with Crippen LogP contribution in [0.5, 0.6) is 0 Å². The number of nitrogens with one attached hydrogen (secondary N) is 1. The number of thiazole rings is 1. The van der Waals surface area contributed by atoms with E-state index in [4.69, 9.17) is 0 Å². The van der Waals surface area contributed by atoms with Gasteiger partial charge in [-0.1, -0.05) is 12.1 Å². The second-order valence-electron chi connectivity index (χ2n) is 5.27. The fourth-order valence-corrected chi connectivity index (χ4v) is 3.52. The highest BCUT2D eigenvalue weighted by Gasteiger charge is 2.15. The summed E-state index contributed by atoms with van der Waals surface area (Å²) in [6.07, 6.45) is 7.25. The Morgan fingerprint density at radius 3 is 2.96 bits per heavy atom. The molecular weight excluding hydrogens is 314 g/mol. The van der Waals surface area contributed by atoms with Gasteiger partial charge < -0.3 is 0 Å². The summed E-state index contributed by atoms with van der Waals surface area (Å²) in [7, 11) is 0. The number of aromatic nitrogens is 1. The zero-order valence-corrected chi connectivity index (χ0v) is 13.1. The fourth-order valence-electron chi connectivity index (χ4n) is 2.47. The molecule has 3 rings (SSSR count). The number of rotatable bonds is 4. The van der Waals surface area contributed by atoms with Crippen molar-refractivity contribution in [2.45, 2.75) is 25.7 Å². The van der Waals surface area contributed by atoms with Gasteiger partial charge >= 0.3 is 0 Å². The van der Waals surface area contributed by atoms with Crippen molar-refractivity contribution in [3.63, 3.8) is 0 Å². The van der Waals surface area contributed by atoms with Crippen molar-refractivity contribution >= 4 is 34.1 Å². The Kier molecular flexibility index (Phi) is 4.47. The molecule has 1 aliphatic carbocycles. The molecule has 0 aliphatic heterocycles. The lowest BCUT2D eigenvalue weighted by molar-refractivity contribution is -0.384. The van der Waals surface area contributed by atoms with Crippen LogP contribution in [0.1, 0.15) is 29.0 Å². The van der Waals surface area contributed by atoms with Gasteiger partial charge in [0, 0.05) is 23.1 Å². The molecule has 0 saturated heterocycles. The van der Waals surface area contributed by atoms with E-state index in [1.165, 1.54) is 40.8 Å². The van der Waals surface area contributed by atoms with Crippen LogP contribution in [0.4, 0.5) is 10.8 Å². The van der Waals surface area contributed by atoms with Gasteiger partial charge in [0.1, 0.15) is 0 Å². The summed E-state index contributed by atoms with van der Waals surface area (Å²) in [4.78, 5) is 27.9. The second kappa shape index (κ2) is 6.70. The first-order valence-electron chi connectivity index (χ1n) is 7.34. The Balaban J connectivity index is 1.66. The topological polar surface area (TPSA) is 85.1 Å². The van der Waals surface area contributed by atoms with E-state index in [0.29, 0.717) is 10.7 Å². The molecule has 0 radical (unpaired) electrons. The highest BCUT2D eigenvalue weighted by Crippen LogP contribution is 2.29. The van der Waals surface area contributed by atoms with E-state index in [0.717, 1.165) is 25.0 Å². The van der Waals surface area contributed by atoms with Gasteiger partial charge in [-0.15, -0.1) is 11.3 Å². The van der Waals surface area contributed by atoms with Gasteiger partial charge in [-0.2, -0.15) is 0 Å². The highest BCUT2D eigenvalue weighted by molar-refractivity contribution is 7.15. The second-order valence-corrected chi connectivity index (χ2v) is 6.35. The molecule has 1 amide bonds. The average molecular weight is 329 g/mol. The molecule has 1 aromatic carbocycles. The first-order valence-corrected chi connectivity index (χ1v) is 8.15. The number of hydrogen-bond acceptors (Lipinski definition) is 5. The van der Waals surface area contributed by atoms with Crippen molar-refractivity contribution in [2.75, 3.05) is 5.32 Å². The van der Waals surface area contributed by atoms with E-state index in [1.807, 2.05) is 0 Å². The Labute approximate surface area is 137 Å². The summed E-state index contributed by atoms with van der Waals surface area (Å²) in [6.45, 7) is 0. The molecule has 1 aliphatic rings. The predicted octanol–water partition coefficient (Wildman–Crippen LogP) is 3.58. The third kappa shape index (κ3) is 3.81. The molecule has 0 bridgehead atoms. The Morgan fingerprint density at radius 2 is 2.17 bits per heavy atom. The number of anilines is 1. The number of aryl methyl sites for hydroxylation is 2. The molecule has 1 heterocycles. The van der Waals surface area contributed by atoms with Crippen LogP contribution >= 0.6 is 11.3 Å². The van der Waals surface area contributed by atoms with E-state index in [9.17, 15) is 14.9 Å². The lowest BCUT2D eigenvalue weighted by Crippen LogP contribution is -2.07. The van der Waals surface area contributed by atoms with Crippen LogP contribution in [0.2, 0.25) is 0 Å². The summed E-state index contributed by atoms with van der Waals surface area (Å²) in [6, 6.07) is 6.13. The van der Waals surface area contributed by atoms with Crippen LogP contribution in [-0.2, 0) is 17.6 Å². The molecule has 7 heteroatoms. The lowest BCUT2D eigenvalue weighted by Gasteiger charge is -2.06. The zero-order chi connectivity index (χ0) is 16.2. The maximum atomic E-state index is 12.0. The molecule has 1 N–H and O–H groups in total. The first-order chi connectivity index (χ1) is 11.1. The number of carbonyl (C=O) groups is 1. The molecule has 6 nitrogen and oxygen atoms in total. The molecule has 0 unspecified atom stereocenters. The molecule has 1 aromatic heterocycles. The largest absolute Gasteiger partial charge is 0.298 e. The van der Waals surface area contributed by atoms with Crippen molar-refractivity contribution in [1.29, 1.82) is 0 Å².